The van der Waals surface area contributed by atoms with Gasteiger partial charge in [-0.3, -0.25) is 4.72 Å². The molecule has 112 valence electrons. The fraction of sp³-hybridized carbons (Fsp3) is 0.154. The Morgan fingerprint density at radius 1 is 1.33 bits per heavy atom. The number of hydrogen-bond acceptors (Lipinski definition) is 3. The number of carboxylic acids is 1. The van der Waals surface area contributed by atoms with Crippen molar-refractivity contribution >= 4 is 37.6 Å². The van der Waals surface area contributed by atoms with Crippen LogP contribution in [-0.4, -0.2) is 24.1 Å². The topological polar surface area (TPSA) is 88.4 Å². The molecule has 0 spiro atoms. The number of hydrogen-bond donors (Lipinski definition) is 2. The Morgan fingerprint density at radius 3 is 2.52 bits per heavy atom. The molecule has 0 aliphatic heterocycles. The van der Waals surface area contributed by atoms with Crippen LogP contribution in [0.1, 0.15) is 16.1 Å². The maximum absolute atomic E-state index is 12.3. The van der Waals surface area contributed by atoms with Crippen molar-refractivity contribution in [3.05, 3.63) is 46.2 Å². The predicted molar refractivity (Wildman–Crippen MR) is 82.1 cm³/mol. The molecule has 0 fully saturated rings. The molecule has 0 unspecified atom stereocenters. The lowest BCUT2D eigenvalue weighted by atomic mass is 10.2. The van der Waals surface area contributed by atoms with Crippen LogP contribution in [0, 0.1) is 6.92 Å². The van der Waals surface area contributed by atoms with E-state index in [0.717, 1.165) is 16.1 Å². The first kappa shape index (κ1) is 15.6. The number of halogens is 1. The van der Waals surface area contributed by atoms with Gasteiger partial charge in [0.2, 0.25) is 0 Å². The van der Waals surface area contributed by atoms with E-state index in [1.54, 1.807) is 25.1 Å². The van der Waals surface area contributed by atoms with Gasteiger partial charge in [0, 0.05) is 17.7 Å². The lowest BCUT2D eigenvalue weighted by molar-refractivity contribution is 0.0686. The van der Waals surface area contributed by atoms with Crippen LogP contribution >= 0.6 is 15.9 Å². The number of rotatable bonds is 4. The lowest BCUT2D eigenvalue weighted by Crippen LogP contribution is -2.13. The molecular weight excluding hydrogens is 360 g/mol. The van der Waals surface area contributed by atoms with E-state index in [4.69, 9.17) is 5.11 Å². The van der Waals surface area contributed by atoms with Crippen LogP contribution in [0.25, 0.3) is 0 Å². The molecule has 0 amide bonds. The van der Waals surface area contributed by atoms with Gasteiger partial charge in [-0.15, -0.1) is 0 Å². The first-order chi connectivity index (χ1) is 9.70. The fourth-order valence-corrected chi connectivity index (χ4v) is 3.51. The molecule has 0 saturated heterocycles. The smallest absolute Gasteiger partial charge is 0.352 e. The normalized spacial score (nSPS) is 11.4. The lowest BCUT2D eigenvalue weighted by Gasteiger charge is -2.09. The summed E-state index contributed by atoms with van der Waals surface area (Å²) in [6.45, 7) is 1.77. The number of carbonyl (C=O) groups is 1. The molecule has 0 aliphatic carbocycles. The van der Waals surface area contributed by atoms with Crippen molar-refractivity contribution in [2.24, 2.45) is 7.05 Å². The van der Waals surface area contributed by atoms with Crippen LogP contribution in [0.4, 0.5) is 5.69 Å². The highest BCUT2D eigenvalue weighted by atomic mass is 79.9. The van der Waals surface area contributed by atoms with Crippen LogP contribution in [0.5, 0.6) is 0 Å². The molecule has 2 rings (SSSR count). The second-order valence-electron chi connectivity index (χ2n) is 4.54. The number of sulfonamides is 1. The highest BCUT2D eigenvalue weighted by Gasteiger charge is 2.20. The zero-order valence-electron chi connectivity index (χ0n) is 11.3. The molecule has 2 N–H and O–H groups in total. The Balaban J connectivity index is 2.38. The van der Waals surface area contributed by atoms with E-state index in [1.165, 1.54) is 17.8 Å². The molecular formula is C13H13BrN2O4S. The minimum absolute atomic E-state index is 0.0929. The second-order valence-corrected chi connectivity index (χ2v) is 7.14. The largest absolute Gasteiger partial charge is 0.477 e. The number of carboxylic acid groups (broad SMARTS) is 1. The van der Waals surface area contributed by atoms with Gasteiger partial charge >= 0.3 is 5.97 Å². The first-order valence-electron chi connectivity index (χ1n) is 5.89. The van der Waals surface area contributed by atoms with Crippen LogP contribution in [0.2, 0.25) is 0 Å². The standard InChI is InChI=1S/C13H13BrN2O4S/c1-8-5-9(14)3-4-11(8)15-21(19,20)10-6-12(13(17)18)16(2)7-10/h3-7,15H,1-2H3,(H,17,18). The van der Waals surface area contributed by atoms with Crippen LogP contribution in [-0.2, 0) is 17.1 Å². The number of anilines is 1. The van der Waals surface area contributed by atoms with Crippen molar-refractivity contribution in [2.45, 2.75) is 11.8 Å². The van der Waals surface area contributed by atoms with Gasteiger partial charge < -0.3 is 9.67 Å². The molecule has 1 aromatic carbocycles. The Labute approximate surface area is 130 Å². The quantitative estimate of drug-likeness (QED) is 0.862. The second kappa shape index (κ2) is 5.53. The molecule has 6 nitrogen and oxygen atoms in total. The van der Waals surface area contributed by atoms with Crippen molar-refractivity contribution in [1.82, 2.24) is 4.57 Å². The average Bonchev–Trinajstić information content (AvgIpc) is 2.76. The van der Waals surface area contributed by atoms with E-state index in [1.807, 2.05) is 0 Å². The molecule has 8 heteroatoms. The number of nitrogens with zero attached hydrogens (tertiary/aromatic N) is 1. The van der Waals surface area contributed by atoms with E-state index < -0.39 is 16.0 Å². The van der Waals surface area contributed by atoms with Crippen LogP contribution < -0.4 is 4.72 Å². The molecule has 1 heterocycles. The molecule has 0 radical (unpaired) electrons. The van der Waals surface area contributed by atoms with E-state index in [-0.39, 0.29) is 10.6 Å². The molecule has 0 bridgehead atoms. The minimum atomic E-state index is -3.83. The Hall–Kier alpha value is -1.80. The van der Waals surface area contributed by atoms with Crippen molar-refractivity contribution < 1.29 is 18.3 Å². The first-order valence-corrected chi connectivity index (χ1v) is 8.17. The average molecular weight is 373 g/mol. The molecule has 2 aromatic rings. The van der Waals surface area contributed by atoms with E-state index >= 15 is 0 Å². The monoisotopic (exact) mass is 372 g/mol. The number of nitrogens with one attached hydrogen (secondary N) is 1. The van der Waals surface area contributed by atoms with Gasteiger partial charge in [-0.25, -0.2) is 13.2 Å². The Kier molecular flexibility index (Phi) is 4.11. The summed E-state index contributed by atoms with van der Waals surface area (Å²) in [6.07, 6.45) is 1.26. The van der Waals surface area contributed by atoms with Gasteiger partial charge in [-0.2, -0.15) is 0 Å². The van der Waals surface area contributed by atoms with Gasteiger partial charge in [-0.05, 0) is 36.8 Å². The summed E-state index contributed by atoms with van der Waals surface area (Å²) in [4.78, 5) is 10.9. The third-order valence-electron chi connectivity index (χ3n) is 2.94. The van der Waals surface area contributed by atoms with Crippen molar-refractivity contribution in [3.8, 4) is 0 Å². The summed E-state index contributed by atoms with van der Waals surface area (Å²) >= 11 is 3.30. The highest BCUT2D eigenvalue weighted by molar-refractivity contribution is 9.10. The van der Waals surface area contributed by atoms with Gasteiger partial charge in [-0.1, -0.05) is 15.9 Å². The van der Waals surface area contributed by atoms with E-state index in [2.05, 4.69) is 20.7 Å². The Bertz CT molecular complexity index is 812. The highest BCUT2D eigenvalue weighted by Crippen LogP contribution is 2.23. The van der Waals surface area contributed by atoms with Crippen LogP contribution in [0.15, 0.2) is 39.8 Å². The summed E-state index contributed by atoms with van der Waals surface area (Å²) in [5.74, 6) is -1.18. The molecule has 0 saturated carbocycles. The fourth-order valence-electron chi connectivity index (χ4n) is 1.84. The summed E-state index contributed by atoms with van der Waals surface area (Å²) < 4.78 is 29.1. The van der Waals surface area contributed by atoms with Crippen molar-refractivity contribution in [3.63, 3.8) is 0 Å². The summed E-state index contributed by atoms with van der Waals surface area (Å²) in [5.41, 5.74) is 1.10. The zero-order chi connectivity index (χ0) is 15.8. The van der Waals surface area contributed by atoms with Crippen molar-refractivity contribution in [1.29, 1.82) is 0 Å². The predicted octanol–water partition coefficient (Wildman–Crippen LogP) is 2.60. The maximum atomic E-state index is 12.3. The minimum Gasteiger partial charge on any atom is -0.477 e. The summed E-state index contributed by atoms with van der Waals surface area (Å²) in [7, 11) is -2.35. The maximum Gasteiger partial charge on any atom is 0.352 e. The molecule has 1 aromatic heterocycles. The van der Waals surface area contributed by atoms with Gasteiger partial charge in [0.25, 0.3) is 10.0 Å². The third-order valence-corrected chi connectivity index (χ3v) is 4.77. The van der Waals surface area contributed by atoms with Crippen molar-refractivity contribution in [2.75, 3.05) is 4.72 Å². The summed E-state index contributed by atoms with van der Waals surface area (Å²) in [6, 6.07) is 6.26. The van der Waals surface area contributed by atoms with Gasteiger partial charge in [0.05, 0.1) is 5.69 Å². The van der Waals surface area contributed by atoms with Gasteiger partial charge in [0.1, 0.15) is 10.6 Å². The zero-order valence-corrected chi connectivity index (χ0v) is 13.7. The number of aromatic carboxylic acids is 1. The van der Waals surface area contributed by atoms with E-state index in [9.17, 15) is 13.2 Å². The van der Waals surface area contributed by atoms with Crippen LogP contribution in [0.3, 0.4) is 0 Å². The third kappa shape index (κ3) is 3.27. The number of benzene rings is 1. The SMILES string of the molecule is Cc1cc(Br)ccc1NS(=O)(=O)c1cc(C(=O)O)n(C)c1. The number of aromatic nitrogens is 1. The molecule has 21 heavy (non-hydrogen) atoms. The summed E-state index contributed by atoms with van der Waals surface area (Å²) in [5, 5.41) is 8.97. The van der Waals surface area contributed by atoms with Gasteiger partial charge in [0.15, 0.2) is 0 Å². The number of aryl methyl sites for hydroxylation is 2. The Morgan fingerprint density at radius 2 is 2.00 bits per heavy atom. The molecule has 0 aliphatic rings. The van der Waals surface area contributed by atoms with E-state index in [0.29, 0.717) is 5.69 Å². The molecule has 0 atom stereocenters.